The summed E-state index contributed by atoms with van der Waals surface area (Å²) in [6.45, 7) is 0.285. The smallest absolute Gasteiger partial charge is 0.258 e. The maximum absolute atomic E-state index is 12.7. The number of thiophene rings is 1. The van der Waals surface area contributed by atoms with Gasteiger partial charge in [0.25, 0.3) is 5.56 Å². The van der Waals surface area contributed by atoms with Crippen molar-refractivity contribution < 1.29 is 4.74 Å². The number of ether oxygens (including phenoxy) is 1. The van der Waals surface area contributed by atoms with E-state index in [0.717, 1.165) is 11.4 Å². The van der Waals surface area contributed by atoms with Crippen LogP contribution >= 0.6 is 22.9 Å². The van der Waals surface area contributed by atoms with Gasteiger partial charge < -0.3 is 4.74 Å². The summed E-state index contributed by atoms with van der Waals surface area (Å²) in [5.41, 5.74) is 3.03. The molecule has 1 aliphatic rings. The van der Waals surface area contributed by atoms with Crippen LogP contribution in [0.1, 0.15) is 29.0 Å². The Balaban J connectivity index is 1.39. The first-order valence-corrected chi connectivity index (χ1v) is 10.9. The monoisotopic (exact) mass is 422 g/mol. The standard InChI is InChI=1S/C23H19ClN2O2S/c24-15-5-6-16(25-13-15)14-28-18-9-10-26(23(27)12-18)17-7-8-20-19-3-1-2-4-21(19)29-22(20)11-17/h5-13H,1-4,14H2. The number of pyridine rings is 2. The van der Waals surface area contributed by atoms with Gasteiger partial charge in [0.05, 0.1) is 16.4 Å². The van der Waals surface area contributed by atoms with Gasteiger partial charge in [-0.25, -0.2) is 0 Å². The van der Waals surface area contributed by atoms with Gasteiger partial charge in [0, 0.05) is 28.0 Å². The normalized spacial score (nSPS) is 13.4. The van der Waals surface area contributed by atoms with E-state index >= 15 is 0 Å². The van der Waals surface area contributed by atoms with Crippen LogP contribution in [-0.4, -0.2) is 9.55 Å². The van der Waals surface area contributed by atoms with E-state index < -0.39 is 0 Å². The Kier molecular flexibility index (Phi) is 4.86. The molecule has 0 atom stereocenters. The molecule has 0 saturated carbocycles. The highest BCUT2D eigenvalue weighted by molar-refractivity contribution is 7.19. The Morgan fingerprint density at radius 1 is 1.10 bits per heavy atom. The number of nitrogens with zero attached hydrogens (tertiary/aromatic N) is 2. The van der Waals surface area contributed by atoms with Crippen molar-refractivity contribution in [2.24, 2.45) is 0 Å². The second-order valence-corrected chi connectivity index (χ2v) is 8.79. The van der Waals surface area contributed by atoms with Crippen molar-refractivity contribution in [2.75, 3.05) is 0 Å². The fourth-order valence-corrected chi connectivity index (χ4v) is 5.26. The minimum Gasteiger partial charge on any atom is -0.487 e. The first-order chi connectivity index (χ1) is 14.2. The van der Waals surface area contributed by atoms with Gasteiger partial charge in [-0.05, 0) is 67.0 Å². The molecule has 1 aliphatic carbocycles. The minimum atomic E-state index is -0.118. The number of halogens is 1. The lowest BCUT2D eigenvalue weighted by Crippen LogP contribution is -2.16. The number of benzene rings is 1. The molecule has 0 N–H and O–H groups in total. The predicted molar refractivity (Wildman–Crippen MR) is 118 cm³/mol. The van der Waals surface area contributed by atoms with Crippen LogP contribution in [-0.2, 0) is 19.4 Å². The topological polar surface area (TPSA) is 44.1 Å². The first kappa shape index (κ1) is 18.4. The van der Waals surface area contributed by atoms with Crippen LogP contribution in [0.4, 0.5) is 0 Å². The molecule has 0 spiro atoms. The van der Waals surface area contributed by atoms with Crippen LogP contribution in [0.2, 0.25) is 5.02 Å². The second kappa shape index (κ2) is 7.65. The molecule has 3 heterocycles. The fourth-order valence-electron chi connectivity index (χ4n) is 3.82. The zero-order chi connectivity index (χ0) is 19.8. The highest BCUT2D eigenvalue weighted by Crippen LogP contribution is 2.37. The average Bonchev–Trinajstić information content (AvgIpc) is 3.11. The Morgan fingerprint density at radius 3 is 2.83 bits per heavy atom. The molecule has 0 saturated heterocycles. The Labute approximate surface area is 177 Å². The zero-order valence-corrected chi connectivity index (χ0v) is 17.3. The summed E-state index contributed by atoms with van der Waals surface area (Å²) in [5.74, 6) is 0.524. The van der Waals surface area contributed by atoms with Gasteiger partial charge in [-0.15, -0.1) is 11.3 Å². The van der Waals surface area contributed by atoms with E-state index in [2.05, 4.69) is 17.1 Å². The van der Waals surface area contributed by atoms with Gasteiger partial charge in [0.2, 0.25) is 0 Å². The summed E-state index contributed by atoms with van der Waals surface area (Å²) in [6.07, 6.45) is 8.24. The molecular formula is C23H19ClN2O2S. The average molecular weight is 423 g/mol. The van der Waals surface area contributed by atoms with Crippen LogP contribution in [0, 0.1) is 0 Å². The molecule has 29 heavy (non-hydrogen) atoms. The van der Waals surface area contributed by atoms with Crippen molar-refractivity contribution in [1.29, 1.82) is 0 Å². The molecule has 0 bridgehead atoms. The summed E-state index contributed by atoms with van der Waals surface area (Å²) < 4.78 is 8.63. The summed E-state index contributed by atoms with van der Waals surface area (Å²) in [5, 5.41) is 1.93. The molecular weight excluding hydrogens is 404 g/mol. The number of aromatic nitrogens is 2. The summed E-state index contributed by atoms with van der Waals surface area (Å²) >= 11 is 7.71. The Hall–Kier alpha value is -2.63. The van der Waals surface area contributed by atoms with E-state index in [1.165, 1.54) is 52.3 Å². The lowest BCUT2D eigenvalue weighted by molar-refractivity contribution is 0.300. The van der Waals surface area contributed by atoms with E-state index in [0.29, 0.717) is 10.8 Å². The van der Waals surface area contributed by atoms with Crippen molar-refractivity contribution >= 4 is 33.0 Å². The van der Waals surface area contributed by atoms with Crippen molar-refractivity contribution in [3.05, 3.63) is 86.4 Å². The van der Waals surface area contributed by atoms with Crippen LogP contribution in [0.25, 0.3) is 15.8 Å². The van der Waals surface area contributed by atoms with Gasteiger partial charge in [-0.2, -0.15) is 0 Å². The summed E-state index contributed by atoms with van der Waals surface area (Å²) in [6, 6.07) is 13.2. The number of aryl methyl sites for hydroxylation is 2. The lowest BCUT2D eigenvalue weighted by atomic mass is 9.96. The molecule has 0 unspecified atom stereocenters. The van der Waals surface area contributed by atoms with Crippen molar-refractivity contribution in [3.63, 3.8) is 0 Å². The zero-order valence-electron chi connectivity index (χ0n) is 15.7. The molecule has 4 nitrogen and oxygen atoms in total. The molecule has 3 aromatic heterocycles. The van der Waals surface area contributed by atoms with Crippen molar-refractivity contribution in [2.45, 2.75) is 32.3 Å². The van der Waals surface area contributed by atoms with Gasteiger partial charge in [0.15, 0.2) is 0 Å². The maximum Gasteiger partial charge on any atom is 0.258 e. The molecule has 6 heteroatoms. The van der Waals surface area contributed by atoms with Gasteiger partial charge in [-0.1, -0.05) is 17.7 Å². The third kappa shape index (κ3) is 3.68. The largest absolute Gasteiger partial charge is 0.487 e. The molecule has 0 fully saturated rings. The Bertz CT molecular complexity index is 1240. The molecule has 4 aromatic rings. The van der Waals surface area contributed by atoms with Crippen molar-refractivity contribution in [3.8, 4) is 11.4 Å². The lowest BCUT2D eigenvalue weighted by Gasteiger charge is -2.11. The maximum atomic E-state index is 12.7. The fraction of sp³-hybridized carbons (Fsp3) is 0.217. The minimum absolute atomic E-state index is 0.118. The molecule has 0 aliphatic heterocycles. The quantitative estimate of drug-likeness (QED) is 0.432. The van der Waals surface area contributed by atoms with E-state index in [4.69, 9.17) is 16.3 Å². The van der Waals surface area contributed by atoms with Crippen LogP contribution in [0.5, 0.6) is 5.75 Å². The second-order valence-electron chi connectivity index (χ2n) is 7.22. The van der Waals surface area contributed by atoms with Crippen molar-refractivity contribution in [1.82, 2.24) is 9.55 Å². The number of hydrogen-bond acceptors (Lipinski definition) is 4. The molecule has 1 aromatic carbocycles. The van der Waals surface area contributed by atoms with Gasteiger partial charge in [0.1, 0.15) is 12.4 Å². The first-order valence-electron chi connectivity index (χ1n) is 9.68. The van der Waals surface area contributed by atoms with Gasteiger partial charge in [-0.3, -0.25) is 14.3 Å². The molecule has 0 radical (unpaired) electrons. The Morgan fingerprint density at radius 2 is 2.00 bits per heavy atom. The van der Waals surface area contributed by atoms with Gasteiger partial charge >= 0.3 is 0 Å². The highest BCUT2D eigenvalue weighted by Gasteiger charge is 2.16. The predicted octanol–water partition coefficient (Wildman–Crippen LogP) is 5.56. The third-order valence-electron chi connectivity index (χ3n) is 5.29. The summed E-state index contributed by atoms with van der Waals surface area (Å²) in [7, 11) is 0. The van der Waals surface area contributed by atoms with Crippen LogP contribution in [0.3, 0.4) is 0 Å². The summed E-state index contributed by atoms with van der Waals surface area (Å²) in [4.78, 5) is 18.4. The van der Waals surface area contributed by atoms with Crippen LogP contribution < -0.4 is 10.3 Å². The SMILES string of the molecule is O=c1cc(OCc2ccc(Cl)cn2)ccn1-c1ccc2c3c(sc2c1)CCCC3. The molecule has 5 rings (SSSR count). The van der Waals surface area contributed by atoms with E-state index in [1.807, 2.05) is 17.4 Å². The van der Waals surface area contributed by atoms with E-state index in [-0.39, 0.29) is 12.2 Å². The van der Waals surface area contributed by atoms with E-state index in [9.17, 15) is 4.79 Å². The third-order valence-corrected chi connectivity index (χ3v) is 6.76. The number of rotatable bonds is 4. The molecule has 146 valence electrons. The van der Waals surface area contributed by atoms with Crippen LogP contribution in [0.15, 0.2) is 59.7 Å². The number of hydrogen-bond donors (Lipinski definition) is 0. The van der Waals surface area contributed by atoms with E-state index in [1.54, 1.807) is 35.2 Å². The number of fused-ring (bicyclic) bond motifs is 3. The molecule has 0 amide bonds. The highest BCUT2D eigenvalue weighted by atomic mass is 35.5.